The second-order valence-electron chi connectivity index (χ2n) is 3.30. The van der Waals surface area contributed by atoms with Crippen molar-refractivity contribution in [3.63, 3.8) is 0 Å². The molecule has 0 fully saturated rings. The number of carboxylic acid groups (broad SMARTS) is 1. The van der Waals surface area contributed by atoms with E-state index < -0.39 is 12.1 Å². The van der Waals surface area contributed by atoms with Crippen LogP contribution in [0.3, 0.4) is 0 Å². The van der Waals surface area contributed by atoms with Gasteiger partial charge in [0.05, 0.1) is 0 Å². The van der Waals surface area contributed by atoms with Crippen LogP contribution in [0.25, 0.3) is 0 Å². The number of hydrogen-bond acceptors (Lipinski definition) is 4. The van der Waals surface area contributed by atoms with Crippen molar-refractivity contribution in [1.82, 2.24) is 0 Å². The molecule has 1 aromatic carbocycles. The van der Waals surface area contributed by atoms with Crippen LogP contribution in [0, 0.1) is 0 Å². The van der Waals surface area contributed by atoms with Gasteiger partial charge in [0.2, 0.25) is 0 Å². The minimum Gasteiger partial charge on any atom is -0.449 e. The number of nitrogens with one attached hydrogen (secondary N) is 1. The Hall–Kier alpha value is -2.34. The predicted molar refractivity (Wildman–Crippen MR) is 67.4 cm³/mol. The van der Waals surface area contributed by atoms with E-state index in [-0.39, 0.29) is 10.6 Å². The number of para-hydroxylation sites is 1. The number of benzene rings is 1. The Morgan fingerprint density at radius 2 is 1.89 bits per heavy atom. The lowest BCUT2D eigenvalue weighted by Gasteiger charge is -2.04. The highest BCUT2D eigenvalue weighted by molar-refractivity contribution is 7.12. The molecule has 0 aliphatic rings. The van der Waals surface area contributed by atoms with E-state index in [1.165, 1.54) is 6.07 Å². The smallest absolute Gasteiger partial charge is 0.449 e. The Kier molecular flexibility index (Phi) is 3.59. The molecule has 2 N–H and O–H groups in total. The van der Waals surface area contributed by atoms with Crippen molar-refractivity contribution in [1.29, 1.82) is 0 Å². The first-order chi connectivity index (χ1) is 8.66. The van der Waals surface area contributed by atoms with Gasteiger partial charge in [0.25, 0.3) is 5.91 Å². The van der Waals surface area contributed by atoms with Gasteiger partial charge in [0.1, 0.15) is 4.88 Å². The van der Waals surface area contributed by atoms with E-state index in [0.29, 0.717) is 5.69 Å². The summed E-state index contributed by atoms with van der Waals surface area (Å²) in [5, 5.41) is 12.8. The van der Waals surface area contributed by atoms with Gasteiger partial charge in [-0.3, -0.25) is 4.79 Å². The lowest BCUT2D eigenvalue weighted by molar-refractivity contribution is 0.102. The molecular formula is C12H9NO4S. The summed E-state index contributed by atoms with van der Waals surface area (Å²) in [5.74, 6) is -0.353. The Labute approximate surface area is 107 Å². The summed E-state index contributed by atoms with van der Waals surface area (Å²) >= 11 is 1.12. The average molecular weight is 263 g/mol. The van der Waals surface area contributed by atoms with E-state index in [1.807, 2.05) is 6.07 Å². The fourth-order valence-electron chi connectivity index (χ4n) is 1.35. The maximum atomic E-state index is 11.9. The number of rotatable bonds is 3. The van der Waals surface area contributed by atoms with Crippen LogP contribution in [0.4, 0.5) is 10.5 Å². The summed E-state index contributed by atoms with van der Waals surface area (Å²) in [6.45, 7) is 0. The first-order valence-electron chi connectivity index (χ1n) is 5.01. The maximum Gasteiger partial charge on any atom is 0.511 e. The van der Waals surface area contributed by atoms with E-state index in [2.05, 4.69) is 10.1 Å². The summed E-state index contributed by atoms with van der Waals surface area (Å²) in [5.41, 5.74) is 0.636. The molecule has 0 aliphatic carbocycles. The lowest BCUT2D eigenvalue weighted by atomic mass is 10.3. The summed E-state index contributed by atoms with van der Waals surface area (Å²) in [6.07, 6.45) is -1.44. The fourth-order valence-corrected chi connectivity index (χ4v) is 2.06. The Morgan fingerprint density at radius 1 is 1.17 bits per heavy atom. The molecule has 2 aromatic rings. The molecule has 0 unspecified atom stereocenters. The molecule has 0 saturated heterocycles. The van der Waals surface area contributed by atoms with Crippen molar-refractivity contribution in [2.45, 2.75) is 0 Å². The van der Waals surface area contributed by atoms with Gasteiger partial charge in [-0.05, 0) is 23.6 Å². The molecule has 1 heterocycles. The minimum atomic E-state index is -1.44. The minimum absolute atomic E-state index is 0.0425. The van der Waals surface area contributed by atoms with Crippen LogP contribution in [-0.4, -0.2) is 17.2 Å². The summed E-state index contributed by atoms with van der Waals surface area (Å²) in [6, 6.07) is 10.3. The number of anilines is 1. The van der Waals surface area contributed by atoms with Crippen LogP contribution < -0.4 is 10.1 Å². The second kappa shape index (κ2) is 5.33. The highest BCUT2D eigenvalue weighted by Crippen LogP contribution is 2.26. The number of ether oxygens (including phenoxy) is 1. The average Bonchev–Trinajstić information content (AvgIpc) is 2.77. The van der Waals surface area contributed by atoms with Gasteiger partial charge in [-0.2, -0.15) is 0 Å². The summed E-state index contributed by atoms with van der Waals surface area (Å²) in [4.78, 5) is 22.6. The standard InChI is InChI=1S/C12H9NO4S/c14-11(13-8-4-2-1-3-5-8)10-9(6-7-18-10)17-12(15)16/h1-7H,(H,13,14)(H,15,16). The van der Waals surface area contributed by atoms with Crippen molar-refractivity contribution < 1.29 is 19.4 Å². The molecule has 2 rings (SSSR count). The third-order valence-corrected chi connectivity index (χ3v) is 2.96. The Bertz CT molecular complexity index is 564. The lowest BCUT2D eigenvalue weighted by Crippen LogP contribution is -2.13. The van der Waals surface area contributed by atoms with Crippen molar-refractivity contribution >= 4 is 29.1 Å². The number of hydrogen-bond donors (Lipinski definition) is 2. The monoisotopic (exact) mass is 263 g/mol. The van der Waals surface area contributed by atoms with Crippen molar-refractivity contribution in [2.24, 2.45) is 0 Å². The first kappa shape index (κ1) is 12.1. The van der Waals surface area contributed by atoms with E-state index in [4.69, 9.17) is 5.11 Å². The molecule has 0 atom stereocenters. The molecule has 1 amide bonds. The van der Waals surface area contributed by atoms with Crippen LogP contribution in [0.15, 0.2) is 41.8 Å². The highest BCUT2D eigenvalue weighted by atomic mass is 32.1. The van der Waals surface area contributed by atoms with Gasteiger partial charge in [-0.1, -0.05) is 18.2 Å². The third-order valence-electron chi connectivity index (χ3n) is 2.06. The number of carbonyl (C=O) groups is 2. The summed E-state index contributed by atoms with van der Waals surface area (Å²) in [7, 11) is 0. The molecule has 1 aromatic heterocycles. The van der Waals surface area contributed by atoms with Crippen molar-refractivity contribution in [3.8, 4) is 5.75 Å². The fraction of sp³-hybridized carbons (Fsp3) is 0. The predicted octanol–water partition coefficient (Wildman–Crippen LogP) is 3.06. The Balaban J connectivity index is 2.14. The molecule has 0 bridgehead atoms. The number of amides is 1. The quantitative estimate of drug-likeness (QED) is 0.834. The largest absolute Gasteiger partial charge is 0.511 e. The van der Waals surface area contributed by atoms with Crippen LogP contribution in [0.2, 0.25) is 0 Å². The molecule has 0 radical (unpaired) electrons. The highest BCUT2D eigenvalue weighted by Gasteiger charge is 2.16. The van der Waals surface area contributed by atoms with Crippen LogP contribution in [-0.2, 0) is 0 Å². The number of carbonyl (C=O) groups excluding carboxylic acids is 1. The zero-order valence-corrected chi connectivity index (χ0v) is 9.94. The zero-order chi connectivity index (χ0) is 13.0. The topological polar surface area (TPSA) is 75.6 Å². The van der Waals surface area contributed by atoms with Gasteiger partial charge < -0.3 is 15.2 Å². The van der Waals surface area contributed by atoms with E-state index >= 15 is 0 Å². The van der Waals surface area contributed by atoms with Crippen molar-refractivity contribution in [3.05, 3.63) is 46.7 Å². The van der Waals surface area contributed by atoms with Gasteiger partial charge >= 0.3 is 6.16 Å². The summed E-state index contributed by atoms with van der Waals surface area (Å²) < 4.78 is 4.51. The SMILES string of the molecule is O=C(O)Oc1ccsc1C(=O)Nc1ccccc1. The Morgan fingerprint density at radius 3 is 2.56 bits per heavy atom. The molecule has 5 nitrogen and oxygen atoms in total. The second-order valence-corrected chi connectivity index (χ2v) is 4.22. The maximum absolute atomic E-state index is 11.9. The molecule has 0 saturated carbocycles. The molecule has 0 spiro atoms. The van der Waals surface area contributed by atoms with E-state index in [0.717, 1.165) is 11.3 Å². The van der Waals surface area contributed by atoms with Crippen LogP contribution in [0.5, 0.6) is 5.75 Å². The third kappa shape index (κ3) is 2.86. The molecule has 92 valence electrons. The van der Waals surface area contributed by atoms with Gasteiger partial charge in [-0.25, -0.2) is 4.79 Å². The van der Waals surface area contributed by atoms with E-state index in [1.54, 1.807) is 29.6 Å². The van der Waals surface area contributed by atoms with E-state index in [9.17, 15) is 9.59 Å². The van der Waals surface area contributed by atoms with Gasteiger partial charge in [0, 0.05) is 5.69 Å². The van der Waals surface area contributed by atoms with Crippen LogP contribution >= 0.6 is 11.3 Å². The molecule has 6 heteroatoms. The molecule has 0 aliphatic heterocycles. The normalized spacial score (nSPS) is 9.78. The van der Waals surface area contributed by atoms with Gasteiger partial charge in [0.15, 0.2) is 5.75 Å². The molecule has 18 heavy (non-hydrogen) atoms. The van der Waals surface area contributed by atoms with Crippen LogP contribution in [0.1, 0.15) is 9.67 Å². The number of thiophene rings is 1. The van der Waals surface area contributed by atoms with Crippen molar-refractivity contribution in [2.75, 3.05) is 5.32 Å². The molecular weight excluding hydrogens is 254 g/mol. The zero-order valence-electron chi connectivity index (χ0n) is 9.12. The van der Waals surface area contributed by atoms with Gasteiger partial charge in [-0.15, -0.1) is 11.3 Å². The first-order valence-corrected chi connectivity index (χ1v) is 5.89.